The third-order valence-electron chi connectivity index (χ3n) is 3.18. The Morgan fingerprint density at radius 3 is 2.76 bits per heavy atom. The molecular weight excluding hydrogens is 212 g/mol. The number of hydrogen-bond acceptors (Lipinski definition) is 2. The Labute approximate surface area is 103 Å². The number of benzene rings is 1. The molecular formula is C14H20N2O. The van der Waals surface area contributed by atoms with E-state index in [0.29, 0.717) is 6.04 Å². The molecule has 1 atom stereocenters. The van der Waals surface area contributed by atoms with E-state index in [1.807, 2.05) is 36.1 Å². The molecule has 3 nitrogen and oxygen atoms in total. The van der Waals surface area contributed by atoms with Crippen LogP contribution >= 0.6 is 0 Å². The van der Waals surface area contributed by atoms with Crippen LogP contribution in [0.25, 0.3) is 0 Å². The van der Waals surface area contributed by atoms with Gasteiger partial charge in [0.25, 0.3) is 5.91 Å². The van der Waals surface area contributed by atoms with Gasteiger partial charge in [-0.1, -0.05) is 17.7 Å². The molecule has 1 aromatic rings. The largest absolute Gasteiger partial charge is 0.337 e. The van der Waals surface area contributed by atoms with Crippen molar-refractivity contribution in [2.75, 3.05) is 19.6 Å². The van der Waals surface area contributed by atoms with Crippen molar-refractivity contribution in [2.45, 2.75) is 26.3 Å². The Morgan fingerprint density at radius 2 is 2.06 bits per heavy atom. The van der Waals surface area contributed by atoms with Crippen LogP contribution in [-0.2, 0) is 0 Å². The summed E-state index contributed by atoms with van der Waals surface area (Å²) in [7, 11) is 0. The minimum atomic E-state index is 0.153. The predicted molar refractivity (Wildman–Crippen MR) is 69.2 cm³/mol. The molecule has 1 heterocycles. The zero-order valence-electron chi connectivity index (χ0n) is 10.6. The Kier molecular flexibility index (Phi) is 3.79. The number of nitrogens with one attached hydrogen (secondary N) is 1. The number of carbonyl (C=O) groups is 1. The first kappa shape index (κ1) is 12.1. The van der Waals surface area contributed by atoms with Crippen molar-refractivity contribution in [1.82, 2.24) is 10.2 Å². The number of aryl methyl sites for hydroxylation is 1. The maximum atomic E-state index is 12.3. The smallest absolute Gasteiger partial charge is 0.253 e. The zero-order valence-corrected chi connectivity index (χ0v) is 10.6. The van der Waals surface area contributed by atoms with E-state index in [4.69, 9.17) is 0 Å². The zero-order chi connectivity index (χ0) is 12.3. The molecule has 2 rings (SSSR count). The summed E-state index contributed by atoms with van der Waals surface area (Å²) in [6.07, 6.45) is 1.03. The monoisotopic (exact) mass is 232 g/mol. The van der Waals surface area contributed by atoms with Gasteiger partial charge in [0.15, 0.2) is 0 Å². The number of nitrogens with zero attached hydrogens (tertiary/aromatic N) is 1. The van der Waals surface area contributed by atoms with E-state index in [0.717, 1.165) is 31.6 Å². The maximum Gasteiger partial charge on any atom is 0.253 e. The average Bonchev–Trinajstić information content (AvgIpc) is 2.54. The molecule has 1 amide bonds. The van der Waals surface area contributed by atoms with Gasteiger partial charge in [0.1, 0.15) is 0 Å². The van der Waals surface area contributed by atoms with Crippen LogP contribution in [0.15, 0.2) is 24.3 Å². The van der Waals surface area contributed by atoms with Crippen molar-refractivity contribution in [3.8, 4) is 0 Å². The minimum absolute atomic E-state index is 0.153. The summed E-state index contributed by atoms with van der Waals surface area (Å²) >= 11 is 0. The number of amides is 1. The molecule has 0 radical (unpaired) electrons. The average molecular weight is 232 g/mol. The van der Waals surface area contributed by atoms with Gasteiger partial charge in [0, 0.05) is 24.7 Å². The molecule has 0 aliphatic carbocycles. The van der Waals surface area contributed by atoms with E-state index in [-0.39, 0.29) is 5.91 Å². The van der Waals surface area contributed by atoms with Gasteiger partial charge < -0.3 is 10.2 Å². The van der Waals surface area contributed by atoms with Crippen molar-refractivity contribution in [1.29, 1.82) is 0 Å². The molecule has 1 saturated heterocycles. The van der Waals surface area contributed by atoms with Gasteiger partial charge in [-0.2, -0.15) is 0 Å². The highest BCUT2D eigenvalue weighted by Gasteiger charge is 2.19. The lowest BCUT2D eigenvalue weighted by molar-refractivity contribution is 0.0755. The molecule has 3 heteroatoms. The molecule has 1 unspecified atom stereocenters. The molecule has 0 saturated carbocycles. The highest BCUT2D eigenvalue weighted by Crippen LogP contribution is 2.09. The molecule has 1 fully saturated rings. The van der Waals surface area contributed by atoms with Crippen LogP contribution in [0.4, 0.5) is 0 Å². The maximum absolute atomic E-state index is 12.3. The molecule has 1 aliphatic rings. The molecule has 1 aliphatic heterocycles. The first-order chi connectivity index (χ1) is 8.16. The van der Waals surface area contributed by atoms with Crippen LogP contribution in [0, 0.1) is 6.92 Å². The first-order valence-electron chi connectivity index (χ1n) is 6.26. The Hall–Kier alpha value is -1.35. The summed E-state index contributed by atoms with van der Waals surface area (Å²) in [5, 5.41) is 3.40. The number of carbonyl (C=O) groups excluding carboxylic acids is 1. The quantitative estimate of drug-likeness (QED) is 0.801. The van der Waals surface area contributed by atoms with Gasteiger partial charge in [-0.15, -0.1) is 0 Å². The third-order valence-corrected chi connectivity index (χ3v) is 3.18. The fourth-order valence-corrected chi connectivity index (χ4v) is 2.17. The van der Waals surface area contributed by atoms with E-state index < -0.39 is 0 Å². The van der Waals surface area contributed by atoms with E-state index in [1.165, 1.54) is 5.56 Å². The van der Waals surface area contributed by atoms with Gasteiger partial charge in [0.05, 0.1) is 0 Å². The van der Waals surface area contributed by atoms with Gasteiger partial charge in [-0.05, 0) is 38.9 Å². The van der Waals surface area contributed by atoms with Crippen LogP contribution < -0.4 is 5.32 Å². The normalized spacial score (nSPS) is 21.1. The minimum Gasteiger partial charge on any atom is -0.337 e. The molecule has 1 N–H and O–H groups in total. The SMILES string of the molecule is Cc1ccc(C(=O)N2CCCNC(C)C2)cc1. The summed E-state index contributed by atoms with van der Waals surface area (Å²) < 4.78 is 0. The predicted octanol–water partition coefficient (Wildman–Crippen LogP) is 1.82. The van der Waals surface area contributed by atoms with Crippen molar-refractivity contribution >= 4 is 5.91 Å². The van der Waals surface area contributed by atoms with Gasteiger partial charge in [-0.25, -0.2) is 0 Å². The number of hydrogen-bond donors (Lipinski definition) is 1. The standard InChI is InChI=1S/C14H20N2O/c1-11-4-6-13(7-5-11)14(17)16-9-3-8-15-12(2)10-16/h4-7,12,15H,3,8-10H2,1-2H3. The van der Waals surface area contributed by atoms with E-state index in [9.17, 15) is 4.79 Å². The summed E-state index contributed by atoms with van der Waals surface area (Å²) in [4.78, 5) is 14.3. The van der Waals surface area contributed by atoms with Crippen molar-refractivity contribution in [2.24, 2.45) is 0 Å². The summed E-state index contributed by atoms with van der Waals surface area (Å²) in [6.45, 7) is 6.81. The Morgan fingerprint density at radius 1 is 1.35 bits per heavy atom. The number of rotatable bonds is 1. The summed E-state index contributed by atoms with van der Waals surface area (Å²) in [5.41, 5.74) is 1.98. The topological polar surface area (TPSA) is 32.3 Å². The Bertz CT molecular complexity index is 386. The molecule has 0 bridgehead atoms. The molecule has 17 heavy (non-hydrogen) atoms. The van der Waals surface area contributed by atoms with Crippen molar-refractivity contribution in [3.63, 3.8) is 0 Å². The Balaban J connectivity index is 2.10. The molecule has 0 aromatic heterocycles. The second-order valence-corrected chi connectivity index (χ2v) is 4.83. The second kappa shape index (κ2) is 5.32. The van der Waals surface area contributed by atoms with Crippen molar-refractivity contribution < 1.29 is 4.79 Å². The summed E-state index contributed by atoms with van der Waals surface area (Å²) in [5.74, 6) is 0.153. The van der Waals surface area contributed by atoms with Crippen LogP contribution in [0.3, 0.4) is 0 Å². The highest BCUT2D eigenvalue weighted by atomic mass is 16.2. The lowest BCUT2D eigenvalue weighted by atomic mass is 10.1. The van der Waals surface area contributed by atoms with Gasteiger partial charge >= 0.3 is 0 Å². The van der Waals surface area contributed by atoms with E-state index >= 15 is 0 Å². The molecule has 0 spiro atoms. The second-order valence-electron chi connectivity index (χ2n) is 4.83. The van der Waals surface area contributed by atoms with E-state index in [2.05, 4.69) is 12.2 Å². The van der Waals surface area contributed by atoms with Crippen LogP contribution in [0.2, 0.25) is 0 Å². The van der Waals surface area contributed by atoms with Gasteiger partial charge in [-0.3, -0.25) is 4.79 Å². The van der Waals surface area contributed by atoms with Gasteiger partial charge in [0.2, 0.25) is 0 Å². The lowest BCUT2D eigenvalue weighted by Gasteiger charge is -2.22. The van der Waals surface area contributed by atoms with Crippen molar-refractivity contribution in [3.05, 3.63) is 35.4 Å². The van der Waals surface area contributed by atoms with E-state index in [1.54, 1.807) is 0 Å². The van der Waals surface area contributed by atoms with Crippen LogP contribution in [-0.4, -0.2) is 36.5 Å². The molecule has 1 aromatic carbocycles. The first-order valence-corrected chi connectivity index (χ1v) is 6.26. The van der Waals surface area contributed by atoms with Crippen LogP contribution in [0.1, 0.15) is 29.3 Å². The fourth-order valence-electron chi connectivity index (χ4n) is 2.17. The highest BCUT2D eigenvalue weighted by molar-refractivity contribution is 5.94. The van der Waals surface area contributed by atoms with Crippen LogP contribution in [0.5, 0.6) is 0 Å². The lowest BCUT2D eigenvalue weighted by Crippen LogP contribution is -2.38. The fraction of sp³-hybridized carbons (Fsp3) is 0.500. The summed E-state index contributed by atoms with van der Waals surface area (Å²) in [6, 6.07) is 8.20. The third kappa shape index (κ3) is 3.07. The molecule has 92 valence electrons.